The van der Waals surface area contributed by atoms with E-state index in [2.05, 4.69) is 15.3 Å². The van der Waals surface area contributed by atoms with E-state index in [0.29, 0.717) is 42.2 Å². The van der Waals surface area contributed by atoms with Gasteiger partial charge in [0.05, 0.1) is 42.3 Å². The number of carbonyl (C=O) groups is 1. The summed E-state index contributed by atoms with van der Waals surface area (Å²) in [7, 11) is 0. The van der Waals surface area contributed by atoms with Gasteiger partial charge in [-0.25, -0.2) is 4.98 Å². The molecule has 0 saturated carbocycles. The molecule has 2 N–H and O–H groups in total. The van der Waals surface area contributed by atoms with E-state index >= 15 is 0 Å². The second kappa shape index (κ2) is 10.1. The molecule has 3 rings (SSSR count). The largest absolute Gasteiger partial charge is 0.494 e. The monoisotopic (exact) mass is 415 g/mol. The summed E-state index contributed by atoms with van der Waals surface area (Å²) in [4.78, 5) is 20.2. The van der Waals surface area contributed by atoms with Gasteiger partial charge in [0, 0.05) is 12.1 Å². The highest BCUT2D eigenvalue weighted by Crippen LogP contribution is 2.30. The summed E-state index contributed by atoms with van der Waals surface area (Å²) in [5.41, 5.74) is 2.30. The second-order valence-electron chi connectivity index (χ2n) is 6.01. The van der Waals surface area contributed by atoms with Crippen molar-refractivity contribution in [3.05, 3.63) is 36.4 Å². The number of thioether (sulfide) groups is 1. The fourth-order valence-electron chi connectivity index (χ4n) is 2.75. The number of imidazole rings is 1. The minimum Gasteiger partial charge on any atom is -0.494 e. The van der Waals surface area contributed by atoms with Crippen LogP contribution in [0.15, 0.2) is 41.6 Å². The van der Waals surface area contributed by atoms with Crippen molar-refractivity contribution in [1.82, 2.24) is 9.97 Å². The van der Waals surface area contributed by atoms with Gasteiger partial charge in [0.2, 0.25) is 5.91 Å². The van der Waals surface area contributed by atoms with E-state index in [1.165, 1.54) is 11.8 Å². The predicted molar refractivity (Wildman–Crippen MR) is 115 cm³/mol. The Hall–Kier alpha value is -2.87. The van der Waals surface area contributed by atoms with Gasteiger partial charge in [0.15, 0.2) is 5.16 Å². The number of hydrogen-bond donors (Lipinski definition) is 2. The molecule has 154 valence electrons. The summed E-state index contributed by atoms with van der Waals surface area (Å²) in [6.45, 7) is 7.42. The first kappa shape index (κ1) is 20.9. The van der Waals surface area contributed by atoms with Crippen LogP contribution in [0.2, 0.25) is 0 Å². The predicted octanol–water partition coefficient (Wildman–Crippen LogP) is 4.49. The Morgan fingerprint density at radius 2 is 1.69 bits per heavy atom. The first-order valence-electron chi connectivity index (χ1n) is 9.57. The molecule has 2 aromatic carbocycles. The van der Waals surface area contributed by atoms with Crippen LogP contribution in [0, 0.1) is 0 Å². The van der Waals surface area contributed by atoms with E-state index in [9.17, 15) is 4.79 Å². The van der Waals surface area contributed by atoms with E-state index in [4.69, 9.17) is 14.2 Å². The molecule has 7 nitrogen and oxygen atoms in total. The van der Waals surface area contributed by atoms with Crippen molar-refractivity contribution in [1.29, 1.82) is 0 Å². The molecule has 0 bridgehead atoms. The number of anilines is 1. The van der Waals surface area contributed by atoms with Crippen LogP contribution in [0.3, 0.4) is 0 Å². The average molecular weight is 416 g/mol. The number of nitrogens with one attached hydrogen (secondary N) is 2. The molecule has 3 aromatic rings. The Bertz CT molecular complexity index is 974. The molecule has 0 spiro atoms. The molecule has 0 aliphatic heterocycles. The number of carbonyl (C=O) groups excluding carboxylic acids is 1. The maximum Gasteiger partial charge on any atom is 0.234 e. The number of aromatic nitrogens is 2. The zero-order valence-electron chi connectivity index (χ0n) is 16.8. The molecular weight excluding hydrogens is 390 g/mol. The van der Waals surface area contributed by atoms with E-state index in [-0.39, 0.29) is 11.7 Å². The highest BCUT2D eigenvalue weighted by Gasteiger charge is 2.12. The molecule has 1 heterocycles. The number of ether oxygens (including phenoxy) is 3. The molecule has 0 radical (unpaired) electrons. The normalized spacial score (nSPS) is 10.7. The van der Waals surface area contributed by atoms with Crippen LogP contribution < -0.4 is 19.5 Å². The summed E-state index contributed by atoms with van der Waals surface area (Å²) in [6.07, 6.45) is 0. The van der Waals surface area contributed by atoms with Crippen molar-refractivity contribution in [2.75, 3.05) is 30.9 Å². The lowest BCUT2D eigenvalue weighted by molar-refractivity contribution is -0.113. The Morgan fingerprint density at radius 1 is 1.00 bits per heavy atom. The van der Waals surface area contributed by atoms with Crippen LogP contribution in [-0.4, -0.2) is 41.4 Å². The van der Waals surface area contributed by atoms with E-state index in [0.717, 1.165) is 16.8 Å². The molecule has 0 atom stereocenters. The van der Waals surface area contributed by atoms with Crippen LogP contribution in [-0.2, 0) is 4.79 Å². The molecular formula is C21H25N3O4S. The van der Waals surface area contributed by atoms with Gasteiger partial charge in [0.1, 0.15) is 17.2 Å². The molecule has 0 unspecified atom stereocenters. The summed E-state index contributed by atoms with van der Waals surface area (Å²) < 4.78 is 16.6. The molecule has 0 aliphatic rings. The summed E-state index contributed by atoms with van der Waals surface area (Å²) in [5, 5.41) is 3.58. The lowest BCUT2D eigenvalue weighted by Gasteiger charge is -2.13. The van der Waals surface area contributed by atoms with E-state index in [1.54, 1.807) is 12.1 Å². The Kier molecular flexibility index (Phi) is 7.24. The van der Waals surface area contributed by atoms with Gasteiger partial charge in [-0.15, -0.1) is 0 Å². The van der Waals surface area contributed by atoms with E-state index in [1.807, 2.05) is 45.0 Å². The third kappa shape index (κ3) is 5.57. The first-order valence-corrected chi connectivity index (χ1v) is 10.6. The Morgan fingerprint density at radius 3 is 2.41 bits per heavy atom. The SMILES string of the molecule is CCOc1ccc(OCC)c(NC(=O)CSc2nc3ccc(OCC)cc3[nH]2)c1. The molecule has 8 heteroatoms. The lowest BCUT2D eigenvalue weighted by Crippen LogP contribution is -2.15. The summed E-state index contributed by atoms with van der Waals surface area (Å²) >= 11 is 1.33. The minimum absolute atomic E-state index is 0.153. The zero-order chi connectivity index (χ0) is 20.6. The maximum absolute atomic E-state index is 12.5. The fraction of sp³-hybridized carbons (Fsp3) is 0.333. The van der Waals surface area contributed by atoms with Gasteiger partial charge in [-0.05, 0) is 45.0 Å². The van der Waals surface area contributed by atoms with Crippen molar-refractivity contribution in [2.45, 2.75) is 25.9 Å². The molecule has 0 aliphatic carbocycles. The number of rotatable bonds is 10. The molecule has 29 heavy (non-hydrogen) atoms. The van der Waals surface area contributed by atoms with Gasteiger partial charge < -0.3 is 24.5 Å². The summed E-state index contributed by atoms with van der Waals surface area (Å²) in [6, 6.07) is 11.1. The number of nitrogens with zero attached hydrogens (tertiary/aromatic N) is 1. The average Bonchev–Trinajstić information content (AvgIpc) is 3.11. The van der Waals surface area contributed by atoms with Gasteiger partial charge >= 0.3 is 0 Å². The number of benzene rings is 2. The minimum atomic E-state index is -0.153. The topological polar surface area (TPSA) is 85.5 Å². The Balaban J connectivity index is 1.65. The highest BCUT2D eigenvalue weighted by molar-refractivity contribution is 7.99. The highest BCUT2D eigenvalue weighted by atomic mass is 32.2. The van der Waals surface area contributed by atoms with Crippen molar-refractivity contribution in [3.63, 3.8) is 0 Å². The van der Waals surface area contributed by atoms with Crippen LogP contribution >= 0.6 is 11.8 Å². The number of H-pyrrole nitrogens is 1. The molecule has 0 fully saturated rings. The van der Waals surface area contributed by atoms with Gasteiger partial charge in [-0.1, -0.05) is 11.8 Å². The van der Waals surface area contributed by atoms with Crippen molar-refractivity contribution < 1.29 is 19.0 Å². The first-order chi connectivity index (χ1) is 14.1. The van der Waals surface area contributed by atoms with Gasteiger partial charge in [-0.2, -0.15) is 0 Å². The standard InChI is InChI=1S/C21H25N3O4S/c1-4-26-14-7-9-16-17(11-14)24-21(23-16)29-13-20(25)22-18-12-15(27-5-2)8-10-19(18)28-6-3/h7-12H,4-6,13H2,1-3H3,(H,22,25)(H,23,24). The van der Waals surface area contributed by atoms with Gasteiger partial charge in [-0.3, -0.25) is 4.79 Å². The molecule has 1 aromatic heterocycles. The number of hydrogen-bond acceptors (Lipinski definition) is 6. The lowest BCUT2D eigenvalue weighted by atomic mass is 10.2. The van der Waals surface area contributed by atoms with Crippen LogP contribution in [0.25, 0.3) is 11.0 Å². The van der Waals surface area contributed by atoms with Crippen molar-refractivity contribution in [2.24, 2.45) is 0 Å². The molecule has 1 amide bonds. The summed E-state index contributed by atoms with van der Waals surface area (Å²) in [5.74, 6) is 2.14. The number of amides is 1. The van der Waals surface area contributed by atoms with Crippen LogP contribution in [0.5, 0.6) is 17.2 Å². The fourth-order valence-corrected chi connectivity index (χ4v) is 3.44. The van der Waals surface area contributed by atoms with Crippen LogP contribution in [0.1, 0.15) is 20.8 Å². The maximum atomic E-state index is 12.5. The third-order valence-corrected chi connectivity index (χ3v) is 4.79. The number of aromatic amines is 1. The zero-order valence-corrected chi connectivity index (χ0v) is 17.6. The Labute approximate surface area is 174 Å². The molecule has 0 saturated heterocycles. The smallest absolute Gasteiger partial charge is 0.234 e. The van der Waals surface area contributed by atoms with Crippen molar-refractivity contribution >= 4 is 34.4 Å². The van der Waals surface area contributed by atoms with Gasteiger partial charge in [0.25, 0.3) is 0 Å². The van der Waals surface area contributed by atoms with Crippen LogP contribution in [0.4, 0.5) is 5.69 Å². The quantitative estimate of drug-likeness (QED) is 0.475. The van der Waals surface area contributed by atoms with E-state index < -0.39 is 0 Å². The number of fused-ring (bicyclic) bond motifs is 1. The second-order valence-corrected chi connectivity index (χ2v) is 6.98. The third-order valence-electron chi connectivity index (χ3n) is 3.92. The van der Waals surface area contributed by atoms with Crippen molar-refractivity contribution in [3.8, 4) is 17.2 Å².